The summed E-state index contributed by atoms with van der Waals surface area (Å²) in [7, 11) is 0. The number of carbonyl (C=O) groups excluding carboxylic acids is 2. The number of esters is 1. The molecule has 2 atom stereocenters. The zero-order valence-electron chi connectivity index (χ0n) is 20.5. The second kappa shape index (κ2) is 11.9. The van der Waals surface area contributed by atoms with E-state index in [0.717, 1.165) is 5.56 Å². The quantitative estimate of drug-likeness (QED) is 0.227. The van der Waals surface area contributed by atoms with Crippen LogP contribution in [-0.2, 0) is 16.1 Å². The van der Waals surface area contributed by atoms with Gasteiger partial charge in [-0.15, -0.1) is 0 Å². The number of alkyl carbamates (subject to hydrolysis) is 1. The Morgan fingerprint density at radius 1 is 0.946 bits per heavy atom. The number of fused-ring (bicyclic) bond motifs is 1. The van der Waals surface area contributed by atoms with E-state index in [1.165, 1.54) is 24.5 Å². The minimum atomic E-state index is -0.933. The number of benzene rings is 3. The summed E-state index contributed by atoms with van der Waals surface area (Å²) >= 11 is 0. The van der Waals surface area contributed by atoms with Crippen LogP contribution in [0.4, 0.5) is 4.79 Å². The highest BCUT2D eigenvalue weighted by Gasteiger charge is 2.28. The first-order valence-electron chi connectivity index (χ1n) is 11.9. The molecule has 8 nitrogen and oxygen atoms in total. The second-order valence-corrected chi connectivity index (χ2v) is 8.49. The molecule has 0 aliphatic heterocycles. The maximum Gasteiger partial charge on any atom is 0.408 e. The smallest absolute Gasteiger partial charge is 0.408 e. The Balaban J connectivity index is 1.45. The Morgan fingerprint density at radius 3 is 2.35 bits per heavy atom. The largest absolute Gasteiger partial charge is 0.460 e. The Kier molecular flexibility index (Phi) is 8.20. The van der Waals surface area contributed by atoms with Crippen LogP contribution in [0.25, 0.3) is 11.0 Å². The lowest BCUT2D eigenvalue weighted by Crippen LogP contribution is -2.47. The second-order valence-electron chi connectivity index (χ2n) is 8.49. The maximum absolute atomic E-state index is 13.0. The summed E-state index contributed by atoms with van der Waals surface area (Å²) in [6, 6.07) is 21.6. The topological polar surface area (TPSA) is 104 Å². The van der Waals surface area contributed by atoms with Crippen molar-refractivity contribution in [1.29, 1.82) is 0 Å². The lowest BCUT2D eigenvalue weighted by Gasteiger charge is -2.22. The van der Waals surface area contributed by atoms with Gasteiger partial charge in [-0.1, -0.05) is 68.8 Å². The Morgan fingerprint density at radius 2 is 1.65 bits per heavy atom. The van der Waals surface area contributed by atoms with E-state index in [9.17, 15) is 14.4 Å². The highest BCUT2D eigenvalue weighted by Crippen LogP contribution is 2.24. The molecule has 0 unspecified atom stereocenters. The van der Waals surface area contributed by atoms with Crippen LogP contribution < -0.4 is 20.2 Å². The molecule has 8 heteroatoms. The molecule has 190 valence electrons. The molecule has 1 amide bonds. The van der Waals surface area contributed by atoms with E-state index in [2.05, 4.69) is 5.32 Å². The van der Waals surface area contributed by atoms with Crippen LogP contribution in [0.5, 0.6) is 17.2 Å². The molecule has 0 fully saturated rings. The SMILES string of the molecule is CC[C@@H](C)[C@H](NC(=O)OCc1ccccc1)C(=O)Oc1ccc2c(=O)c(Oc3ccccc3)coc2c1. The fraction of sp³-hybridized carbons (Fsp3) is 0.207. The van der Waals surface area contributed by atoms with Crippen LogP contribution in [0.1, 0.15) is 25.8 Å². The van der Waals surface area contributed by atoms with Crippen molar-refractivity contribution >= 4 is 23.0 Å². The molecule has 0 radical (unpaired) electrons. The molecular weight excluding hydrogens is 474 g/mol. The fourth-order valence-corrected chi connectivity index (χ4v) is 3.58. The third-order valence-corrected chi connectivity index (χ3v) is 5.86. The van der Waals surface area contributed by atoms with Crippen LogP contribution in [0.3, 0.4) is 0 Å². The molecule has 0 saturated heterocycles. The summed E-state index contributed by atoms with van der Waals surface area (Å²) in [6.45, 7) is 3.81. The van der Waals surface area contributed by atoms with Gasteiger partial charge in [-0.2, -0.15) is 0 Å². The van der Waals surface area contributed by atoms with Crippen molar-refractivity contribution in [3.05, 3.63) is 101 Å². The average molecular weight is 502 g/mol. The Bertz CT molecular complexity index is 1420. The minimum Gasteiger partial charge on any atom is -0.460 e. The molecule has 0 aliphatic carbocycles. The van der Waals surface area contributed by atoms with Gasteiger partial charge < -0.3 is 23.9 Å². The van der Waals surface area contributed by atoms with Gasteiger partial charge in [-0.25, -0.2) is 9.59 Å². The van der Waals surface area contributed by atoms with E-state index in [-0.39, 0.29) is 40.4 Å². The van der Waals surface area contributed by atoms with E-state index in [1.807, 2.05) is 50.2 Å². The zero-order chi connectivity index (χ0) is 26.2. The molecule has 0 spiro atoms. The summed E-state index contributed by atoms with van der Waals surface area (Å²) in [5, 5.41) is 2.88. The fourth-order valence-electron chi connectivity index (χ4n) is 3.58. The van der Waals surface area contributed by atoms with Crippen molar-refractivity contribution in [2.24, 2.45) is 5.92 Å². The molecule has 1 heterocycles. The van der Waals surface area contributed by atoms with Gasteiger partial charge in [0.05, 0.1) is 5.39 Å². The first kappa shape index (κ1) is 25.5. The number of amides is 1. The van der Waals surface area contributed by atoms with Crippen molar-refractivity contribution in [3.8, 4) is 17.2 Å². The lowest BCUT2D eigenvalue weighted by molar-refractivity contribution is -0.138. The van der Waals surface area contributed by atoms with E-state index in [1.54, 1.807) is 24.3 Å². The number of para-hydroxylation sites is 1. The molecule has 4 aromatic rings. The van der Waals surface area contributed by atoms with Gasteiger partial charge >= 0.3 is 12.1 Å². The van der Waals surface area contributed by atoms with Crippen LogP contribution in [-0.4, -0.2) is 18.1 Å². The molecule has 0 aliphatic rings. The van der Waals surface area contributed by atoms with Gasteiger partial charge in [0.15, 0.2) is 0 Å². The van der Waals surface area contributed by atoms with Crippen molar-refractivity contribution in [3.63, 3.8) is 0 Å². The van der Waals surface area contributed by atoms with Gasteiger partial charge in [0.1, 0.15) is 36.0 Å². The number of nitrogens with one attached hydrogen (secondary N) is 1. The highest BCUT2D eigenvalue weighted by molar-refractivity contribution is 5.85. The van der Waals surface area contributed by atoms with E-state index in [0.29, 0.717) is 12.2 Å². The molecule has 0 bridgehead atoms. The van der Waals surface area contributed by atoms with Crippen molar-refractivity contribution in [1.82, 2.24) is 5.32 Å². The van der Waals surface area contributed by atoms with Gasteiger partial charge in [0.25, 0.3) is 0 Å². The van der Waals surface area contributed by atoms with Gasteiger partial charge in [0.2, 0.25) is 11.2 Å². The molecule has 0 saturated carbocycles. The number of carbonyl (C=O) groups is 2. The summed E-state index contributed by atoms with van der Waals surface area (Å²) in [5.41, 5.74) is 0.699. The predicted molar refractivity (Wildman–Crippen MR) is 138 cm³/mol. The van der Waals surface area contributed by atoms with Crippen LogP contribution >= 0.6 is 0 Å². The summed E-state index contributed by atoms with van der Waals surface area (Å²) in [5.74, 6) is -0.154. The first-order chi connectivity index (χ1) is 17.9. The molecule has 37 heavy (non-hydrogen) atoms. The van der Waals surface area contributed by atoms with Crippen LogP contribution in [0.2, 0.25) is 0 Å². The molecule has 3 aromatic carbocycles. The first-order valence-corrected chi connectivity index (χ1v) is 11.9. The summed E-state index contributed by atoms with van der Waals surface area (Å²) in [6.07, 6.45) is 1.12. The van der Waals surface area contributed by atoms with Gasteiger partial charge in [-0.3, -0.25) is 4.79 Å². The van der Waals surface area contributed by atoms with E-state index < -0.39 is 18.1 Å². The maximum atomic E-state index is 13.0. The van der Waals surface area contributed by atoms with Gasteiger partial charge in [0, 0.05) is 6.07 Å². The third-order valence-electron chi connectivity index (χ3n) is 5.86. The standard InChI is InChI=1S/C29H27NO7/c1-3-19(2)26(30-29(33)35-17-20-10-6-4-7-11-20)28(32)37-22-14-15-23-24(16-22)34-18-25(27(23)31)36-21-12-8-5-9-13-21/h4-16,18-19,26H,3,17H2,1-2H3,(H,30,33)/t19-,26+/m1/s1. The van der Waals surface area contributed by atoms with Crippen LogP contribution in [0.15, 0.2) is 94.3 Å². The molecular formula is C29H27NO7. The molecule has 1 N–H and O–H groups in total. The molecule has 4 rings (SSSR count). The average Bonchev–Trinajstić information content (AvgIpc) is 2.93. The highest BCUT2D eigenvalue weighted by atomic mass is 16.6. The normalized spacial score (nSPS) is 12.4. The zero-order valence-corrected chi connectivity index (χ0v) is 20.5. The molecule has 1 aromatic heterocycles. The monoisotopic (exact) mass is 501 g/mol. The third kappa shape index (κ3) is 6.55. The number of ether oxygens (including phenoxy) is 3. The lowest BCUT2D eigenvalue weighted by atomic mass is 9.99. The van der Waals surface area contributed by atoms with E-state index >= 15 is 0 Å². The van der Waals surface area contributed by atoms with Gasteiger partial charge in [-0.05, 0) is 35.7 Å². The predicted octanol–water partition coefficient (Wildman–Crippen LogP) is 5.83. The van der Waals surface area contributed by atoms with Crippen molar-refractivity contribution in [2.75, 3.05) is 0 Å². The number of hydrogen-bond donors (Lipinski definition) is 1. The Hall–Kier alpha value is -4.59. The minimum absolute atomic E-state index is 0.0403. The van der Waals surface area contributed by atoms with Crippen LogP contribution in [0, 0.1) is 5.92 Å². The summed E-state index contributed by atoms with van der Waals surface area (Å²) in [4.78, 5) is 38.2. The summed E-state index contributed by atoms with van der Waals surface area (Å²) < 4.78 is 22.0. The van der Waals surface area contributed by atoms with E-state index in [4.69, 9.17) is 18.6 Å². The number of hydrogen-bond acceptors (Lipinski definition) is 7. The Labute approximate surface area is 213 Å². The van der Waals surface area contributed by atoms with Crippen molar-refractivity contribution < 1.29 is 28.2 Å². The van der Waals surface area contributed by atoms with Crippen molar-refractivity contribution in [2.45, 2.75) is 32.9 Å². The number of rotatable bonds is 9.